The molecule has 24 heavy (non-hydrogen) atoms. The maximum atomic E-state index is 4.92. The third-order valence-electron chi connectivity index (χ3n) is 5.92. The number of fused-ring (bicyclic) bond motifs is 2. The van der Waals surface area contributed by atoms with Crippen molar-refractivity contribution in [1.82, 2.24) is 19.4 Å². The largest absolute Gasteiger partial charge is 0.331 e. The van der Waals surface area contributed by atoms with Gasteiger partial charge in [-0.2, -0.15) is 0 Å². The number of rotatable bonds is 3. The van der Waals surface area contributed by atoms with Gasteiger partial charge >= 0.3 is 0 Å². The van der Waals surface area contributed by atoms with E-state index < -0.39 is 0 Å². The molecule has 4 heterocycles. The van der Waals surface area contributed by atoms with Crippen LogP contribution in [-0.2, 0) is 32.4 Å². The van der Waals surface area contributed by atoms with Crippen molar-refractivity contribution in [3.05, 3.63) is 33.3 Å². The van der Waals surface area contributed by atoms with Crippen molar-refractivity contribution in [2.24, 2.45) is 0 Å². The molecular weight excluding hydrogens is 316 g/mol. The zero-order chi connectivity index (χ0) is 15.9. The van der Waals surface area contributed by atoms with E-state index in [1.54, 1.807) is 4.88 Å². The summed E-state index contributed by atoms with van der Waals surface area (Å²) in [7, 11) is 0. The highest BCUT2D eigenvalue weighted by Gasteiger charge is 2.31. The summed E-state index contributed by atoms with van der Waals surface area (Å²) in [5.74, 6) is 1.33. The molecule has 0 unspecified atom stereocenters. The SMILES string of the molecule is c1nc([C@@H]2CCCN2Cc2nc3c(s2)CCC3)n2c1CCCCC2. The molecule has 2 aromatic heterocycles. The fourth-order valence-corrected chi connectivity index (χ4v) is 5.88. The van der Waals surface area contributed by atoms with Gasteiger partial charge in [-0.25, -0.2) is 9.97 Å². The lowest BCUT2D eigenvalue weighted by Crippen LogP contribution is -2.25. The Morgan fingerprint density at radius 2 is 2.04 bits per heavy atom. The summed E-state index contributed by atoms with van der Waals surface area (Å²) < 4.78 is 2.54. The standard InChI is InChI=1S/C19H26N4S/c1-2-6-14-12-20-19(23(14)11-3-1)16-8-5-10-22(16)13-18-21-15-7-4-9-17(15)24-18/h12,16H,1-11,13H2/t16-/m0/s1. The molecule has 1 fully saturated rings. The monoisotopic (exact) mass is 342 g/mol. The van der Waals surface area contributed by atoms with E-state index in [0.717, 1.165) is 6.54 Å². The normalized spacial score (nSPS) is 24.1. The van der Waals surface area contributed by atoms with Gasteiger partial charge in [-0.15, -0.1) is 11.3 Å². The second-order valence-electron chi connectivity index (χ2n) is 7.53. The minimum Gasteiger partial charge on any atom is -0.331 e. The van der Waals surface area contributed by atoms with Crippen molar-refractivity contribution in [2.75, 3.05) is 6.54 Å². The molecule has 0 bridgehead atoms. The number of aromatic nitrogens is 3. The van der Waals surface area contributed by atoms with E-state index in [-0.39, 0.29) is 0 Å². The van der Waals surface area contributed by atoms with Crippen molar-refractivity contribution in [3.8, 4) is 0 Å². The van der Waals surface area contributed by atoms with Crippen LogP contribution in [0, 0.1) is 0 Å². The molecule has 0 radical (unpaired) electrons. The molecule has 0 spiro atoms. The molecule has 2 aromatic rings. The summed E-state index contributed by atoms with van der Waals surface area (Å²) in [4.78, 5) is 14.0. The number of nitrogens with zero attached hydrogens (tertiary/aromatic N) is 4. The molecule has 0 N–H and O–H groups in total. The Hall–Kier alpha value is -1.20. The molecule has 5 rings (SSSR count). The van der Waals surface area contributed by atoms with E-state index in [0.29, 0.717) is 6.04 Å². The van der Waals surface area contributed by atoms with Crippen molar-refractivity contribution < 1.29 is 0 Å². The van der Waals surface area contributed by atoms with Gasteiger partial charge in [0.15, 0.2) is 0 Å². The summed E-state index contributed by atoms with van der Waals surface area (Å²) in [6.07, 6.45) is 13.6. The number of thiazole rings is 1. The van der Waals surface area contributed by atoms with E-state index in [9.17, 15) is 0 Å². The van der Waals surface area contributed by atoms with Crippen LogP contribution in [0.4, 0.5) is 0 Å². The van der Waals surface area contributed by atoms with E-state index in [1.165, 1.54) is 93.1 Å². The Morgan fingerprint density at radius 1 is 1.04 bits per heavy atom. The van der Waals surface area contributed by atoms with Gasteiger partial charge in [-0.3, -0.25) is 4.90 Å². The zero-order valence-electron chi connectivity index (χ0n) is 14.3. The Balaban J connectivity index is 1.38. The molecule has 2 aliphatic heterocycles. The number of hydrogen-bond acceptors (Lipinski definition) is 4. The van der Waals surface area contributed by atoms with Crippen molar-refractivity contribution in [1.29, 1.82) is 0 Å². The summed E-state index contributed by atoms with van der Waals surface area (Å²) in [6, 6.07) is 0.496. The first-order valence-corrected chi connectivity index (χ1v) is 10.5. The molecule has 5 heteroatoms. The Kier molecular flexibility index (Phi) is 3.94. The summed E-state index contributed by atoms with van der Waals surface area (Å²) >= 11 is 1.96. The highest BCUT2D eigenvalue weighted by atomic mass is 32.1. The maximum Gasteiger partial charge on any atom is 0.126 e. The van der Waals surface area contributed by atoms with Crippen LogP contribution >= 0.6 is 11.3 Å². The van der Waals surface area contributed by atoms with Gasteiger partial charge in [0.25, 0.3) is 0 Å². The van der Waals surface area contributed by atoms with E-state index in [1.807, 2.05) is 11.3 Å². The van der Waals surface area contributed by atoms with Gasteiger partial charge in [0.1, 0.15) is 10.8 Å². The molecule has 1 aliphatic carbocycles. The van der Waals surface area contributed by atoms with Crippen LogP contribution < -0.4 is 0 Å². The van der Waals surface area contributed by atoms with Gasteiger partial charge in [-0.1, -0.05) is 6.42 Å². The molecular formula is C19H26N4S. The van der Waals surface area contributed by atoms with E-state index >= 15 is 0 Å². The third kappa shape index (κ3) is 2.62. The predicted molar refractivity (Wildman–Crippen MR) is 96.3 cm³/mol. The van der Waals surface area contributed by atoms with E-state index in [2.05, 4.69) is 15.7 Å². The molecule has 0 amide bonds. The van der Waals surface area contributed by atoms with Crippen LogP contribution in [0.25, 0.3) is 0 Å². The summed E-state index contributed by atoms with van der Waals surface area (Å²) in [5, 5.41) is 1.33. The maximum absolute atomic E-state index is 4.92. The van der Waals surface area contributed by atoms with E-state index in [4.69, 9.17) is 9.97 Å². The lowest BCUT2D eigenvalue weighted by molar-refractivity contribution is 0.234. The van der Waals surface area contributed by atoms with Crippen LogP contribution in [0.1, 0.15) is 71.7 Å². The Bertz CT molecular complexity index is 710. The number of aryl methyl sites for hydroxylation is 3. The zero-order valence-corrected chi connectivity index (χ0v) is 15.2. The highest BCUT2D eigenvalue weighted by molar-refractivity contribution is 7.11. The van der Waals surface area contributed by atoms with Gasteiger partial charge in [0, 0.05) is 23.3 Å². The molecule has 0 saturated carbocycles. The van der Waals surface area contributed by atoms with Gasteiger partial charge in [-0.05, 0) is 57.9 Å². The van der Waals surface area contributed by atoms with Crippen molar-refractivity contribution >= 4 is 11.3 Å². The summed E-state index contributed by atoms with van der Waals surface area (Å²) in [6.45, 7) is 3.38. The fraction of sp³-hybridized carbons (Fsp3) is 0.684. The second kappa shape index (κ2) is 6.26. The molecule has 3 aliphatic rings. The van der Waals surface area contributed by atoms with Gasteiger partial charge < -0.3 is 4.57 Å². The average Bonchev–Trinajstić information content (AvgIpc) is 3.31. The van der Waals surface area contributed by atoms with Crippen molar-refractivity contribution in [3.63, 3.8) is 0 Å². The summed E-state index contributed by atoms with van der Waals surface area (Å²) in [5.41, 5.74) is 2.85. The molecule has 0 aromatic carbocycles. The smallest absolute Gasteiger partial charge is 0.126 e. The van der Waals surface area contributed by atoms with Crippen LogP contribution in [0.5, 0.6) is 0 Å². The van der Waals surface area contributed by atoms with Crippen LogP contribution in [0.2, 0.25) is 0 Å². The van der Waals surface area contributed by atoms with Crippen LogP contribution in [0.15, 0.2) is 6.20 Å². The first-order chi connectivity index (χ1) is 11.9. The third-order valence-corrected chi connectivity index (χ3v) is 7.07. The average molecular weight is 343 g/mol. The van der Waals surface area contributed by atoms with Crippen LogP contribution in [0.3, 0.4) is 0 Å². The minimum absolute atomic E-state index is 0.496. The highest BCUT2D eigenvalue weighted by Crippen LogP contribution is 2.35. The van der Waals surface area contributed by atoms with Gasteiger partial charge in [0.2, 0.25) is 0 Å². The Labute approximate surface area is 147 Å². The predicted octanol–water partition coefficient (Wildman–Crippen LogP) is 3.89. The number of likely N-dealkylation sites (tertiary alicyclic amines) is 1. The first-order valence-electron chi connectivity index (χ1n) is 9.64. The minimum atomic E-state index is 0.496. The molecule has 128 valence electrons. The second-order valence-corrected chi connectivity index (χ2v) is 8.70. The number of hydrogen-bond donors (Lipinski definition) is 0. The quantitative estimate of drug-likeness (QED) is 0.848. The fourth-order valence-electron chi connectivity index (χ4n) is 4.70. The topological polar surface area (TPSA) is 34.0 Å². The first kappa shape index (κ1) is 15.1. The number of imidazole rings is 1. The van der Waals surface area contributed by atoms with Crippen LogP contribution in [-0.4, -0.2) is 26.0 Å². The Morgan fingerprint density at radius 3 is 3.00 bits per heavy atom. The lowest BCUT2D eigenvalue weighted by Gasteiger charge is -2.24. The molecule has 1 atom stereocenters. The van der Waals surface area contributed by atoms with Crippen molar-refractivity contribution in [2.45, 2.75) is 76.9 Å². The van der Waals surface area contributed by atoms with Gasteiger partial charge in [0.05, 0.1) is 18.3 Å². The lowest BCUT2D eigenvalue weighted by atomic mass is 10.2. The molecule has 1 saturated heterocycles. The molecule has 4 nitrogen and oxygen atoms in total.